The monoisotopic (exact) mass is 432 g/mol. The van der Waals surface area contributed by atoms with Gasteiger partial charge in [0, 0.05) is 0 Å². The predicted molar refractivity (Wildman–Crippen MR) is 110 cm³/mol. The first kappa shape index (κ1) is 19.6. The molecule has 0 unspecified atom stereocenters. The minimum atomic E-state index is -1.16. The zero-order valence-corrected chi connectivity index (χ0v) is 16.8. The summed E-state index contributed by atoms with van der Waals surface area (Å²) in [5.41, 5.74) is 3.05. The van der Waals surface area contributed by atoms with Crippen molar-refractivity contribution in [1.82, 2.24) is 10.3 Å². The number of hydrogen-bond acceptors (Lipinski definition) is 8. The highest BCUT2D eigenvalue weighted by Crippen LogP contribution is 2.36. The van der Waals surface area contributed by atoms with Crippen LogP contribution < -0.4 is 15.1 Å². The molecule has 10 nitrogen and oxygen atoms in total. The van der Waals surface area contributed by atoms with Gasteiger partial charge in [-0.2, -0.15) is 5.10 Å². The van der Waals surface area contributed by atoms with E-state index in [-0.39, 0.29) is 22.5 Å². The molecule has 0 aliphatic carbocycles. The molecule has 4 amide bonds. The van der Waals surface area contributed by atoms with Gasteiger partial charge in [0.25, 0.3) is 17.7 Å². The number of amides is 4. The molecule has 2 aromatic rings. The summed E-state index contributed by atoms with van der Waals surface area (Å²) in [7, 11) is 1.42. The highest BCUT2D eigenvalue weighted by Gasteiger charge is 2.56. The van der Waals surface area contributed by atoms with Crippen LogP contribution in [0.25, 0.3) is 0 Å². The molecule has 2 atom stereocenters. The molecule has 1 N–H and O–H groups in total. The van der Waals surface area contributed by atoms with Crippen molar-refractivity contribution in [3.05, 3.63) is 59.7 Å². The van der Waals surface area contributed by atoms with Crippen molar-refractivity contribution in [2.24, 2.45) is 11.0 Å². The van der Waals surface area contributed by atoms with Crippen molar-refractivity contribution in [2.75, 3.05) is 18.6 Å². The molecular formula is C22H16N4O6. The number of carbonyl (C=O) groups excluding carboxylic acids is 5. The van der Waals surface area contributed by atoms with Gasteiger partial charge in [0.2, 0.25) is 5.91 Å². The molecule has 3 aliphatic heterocycles. The SMILES string of the molecule is COc1ccccc1N1C(=O)[C@@H]2C(C(=O)CN3C(=O)c4ccccc4C3=O)=NN[C@@H]2C1=O. The molecule has 0 radical (unpaired) electrons. The van der Waals surface area contributed by atoms with Gasteiger partial charge in [-0.3, -0.25) is 34.3 Å². The number of para-hydroxylation sites is 2. The number of nitrogens with one attached hydrogen (secondary N) is 1. The molecule has 3 heterocycles. The molecule has 1 fully saturated rings. The number of imide groups is 2. The van der Waals surface area contributed by atoms with Crippen LogP contribution in [0.2, 0.25) is 0 Å². The molecule has 32 heavy (non-hydrogen) atoms. The first-order valence-electron chi connectivity index (χ1n) is 9.76. The molecule has 3 aliphatic rings. The van der Waals surface area contributed by atoms with Gasteiger partial charge >= 0.3 is 0 Å². The Kier molecular flexibility index (Phi) is 4.36. The number of ether oxygens (including phenoxy) is 1. The van der Waals surface area contributed by atoms with Gasteiger partial charge in [-0.1, -0.05) is 24.3 Å². The van der Waals surface area contributed by atoms with Crippen molar-refractivity contribution in [2.45, 2.75) is 6.04 Å². The molecule has 0 aromatic heterocycles. The number of benzene rings is 2. The lowest BCUT2D eigenvalue weighted by atomic mass is 9.95. The van der Waals surface area contributed by atoms with Crippen LogP contribution in [-0.4, -0.2) is 59.7 Å². The van der Waals surface area contributed by atoms with Crippen LogP contribution in [-0.2, 0) is 14.4 Å². The number of nitrogens with zero attached hydrogens (tertiary/aromatic N) is 3. The van der Waals surface area contributed by atoms with Gasteiger partial charge < -0.3 is 4.74 Å². The highest BCUT2D eigenvalue weighted by atomic mass is 16.5. The molecule has 160 valence electrons. The molecule has 2 aromatic carbocycles. The fourth-order valence-corrected chi connectivity index (χ4v) is 4.18. The van der Waals surface area contributed by atoms with Gasteiger partial charge in [-0.05, 0) is 24.3 Å². The maximum absolute atomic E-state index is 13.2. The number of rotatable bonds is 5. The van der Waals surface area contributed by atoms with Gasteiger partial charge in [-0.25, -0.2) is 4.90 Å². The fraction of sp³-hybridized carbons (Fsp3) is 0.182. The summed E-state index contributed by atoms with van der Waals surface area (Å²) in [6, 6.07) is 11.7. The van der Waals surface area contributed by atoms with Crippen LogP contribution in [0.5, 0.6) is 5.75 Å². The van der Waals surface area contributed by atoms with Crippen LogP contribution in [0.15, 0.2) is 53.6 Å². The summed E-state index contributed by atoms with van der Waals surface area (Å²) in [5.74, 6) is -3.92. The topological polar surface area (TPSA) is 125 Å². The second-order valence-corrected chi connectivity index (χ2v) is 7.43. The van der Waals surface area contributed by atoms with Gasteiger partial charge in [0.15, 0.2) is 5.78 Å². The van der Waals surface area contributed by atoms with E-state index in [1.165, 1.54) is 19.2 Å². The molecule has 10 heteroatoms. The van der Waals surface area contributed by atoms with E-state index in [2.05, 4.69) is 10.5 Å². The summed E-state index contributed by atoms with van der Waals surface area (Å²) >= 11 is 0. The maximum Gasteiger partial charge on any atom is 0.261 e. The Morgan fingerprint density at radius 2 is 1.59 bits per heavy atom. The van der Waals surface area contributed by atoms with Crippen LogP contribution in [0.1, 0.15) is 20.7 Å². The van der Waals surface area contributed by atoms with Crippen LogP contribution in [0.3, 0.4) is 0 Å². The van der Waals surface area contributed by atoms with Gasteiger partial charge in [0.05, 0.1) is 30.5 Å². The lowest BCUT2D eigenvalue weighted by Crippen LogP contribution is -2.41. The Morgan fingerprint density at radius 1 is 0.969 bits per heavy atom. The summed E-state index contributed by atoms with van der Waals surface area (Å²) in [6.07, 6.45) is 0. The molecule has 0 spiro atoms. The van der Waals surface area contributed by atoms with Crippen LogP contribution >= 0.6 is 0 Å². The first-order chi connectivity index (χ1) is 15.4. The Morgan fingerprint density at radius 3 is 2.25 bits per heavy atom. The highest BCUT2D eigenvalue weighted by molar-refractivity contribution is 6.49. The Hall–Kier alpha value is -4.34. The minimum absolute atomic E-state index is 0.192. The molecular weight excluding hydrogens is 416 g/mol. The standard InChI is InChI=1S/C22H16N4O6/c1-32-15-9-5-4-8-13(15)26-21(30)16-17(23-24-18(16)22(26)31)14(27)10-25-19(28)11-6-2-3-7-12(11)20(25)29/h2-9,16,18,24H,10H2,1H3/t16-,18+/m1/s1. The molecule has 0 bridgehead atoms. The van der Waals surface area contributed by atoms with E-state index in [1.54, 1.807) is 36.4 Å². The average Bonchev–Trinajstić information content (AvgIpc) is 3.43. The van der Waals surface area contributed by atoms with E-state index in [9.17, 15) is 24.0 Å². The number of hydrazone groups is 1. The minimum Gasteiger partial charge on any atom is -0.495 e. The Labute approximate surface area is 181 Å². The first-order valence-corrected chi connectivity index (χ1v) is 9.76. The second-order valence-electron chi connectivity index (χ2n) is 7.43. The largest absolute Gasteiger partial charge is 0.495 e. The zero-order valence-electron chi connectivity index (χ0n) is 16.8. The third-order valence-corrected chi connectivity index (χ3v) is 5.72. The van der Waals surface area contributed by atoms with Crippen molar-refractivity contribution in [3.8, 4) is 5.75 Å². The predicted octanol–water partition coefficient (Wildman–Crippen LogP) is 0.378. The Bertz CT molecular complexity index is 1220. The third-order valence-electron chi connectivity index (χ3n) is 5.72. The average molecular weight is 432 g/mol. The van der Waals surface area contributed by atoms with Gasteiger partial charge in [0.1, 0.15) is 23.4 Å². The normalized spacial score (nSPS) is 21.5. The maximum atomic E-state index is 13.2. The summed E-state index contributed by atoms with van der Waals surface area (Å²) in [6.45, 7) is -0.577. The van der Waals surface area contributed by atoms with Crippen LogP contribution in [0.4, 0.5) is 5.69 Å². The second kappa shape index (κ2) is 7.12. The molecule has 0 saturated carbocycles. The quantitative estimate of drug-likeness (QED) is 0.677. The number of carbonyl (C=O) groups is 5. The zero-order chi connectivity index (χ0) is 22.6. The van der Waals surface area contributed by atoms with E-state index in [4.69, 9.17) is 4.74 Å². The van der Waals surface area contributed by atoms with Gasteiger partial charge in [-0.15, -0.1) is 0 Å². The van der Waals surface area contributed by atoms with Crippen molar-refractivity contribution in [3.63, 3.8) is 0 Å². The number of methoxy groups -OCH3 is 1. The summed E-state index contributed by atoms with van der Waals surface area (Å²) < 4.78 is 5.25. The van der Waals surface area contributed by atoms with Crippen molar-refractivity contribution < 1.29 is 28.7 Å². The molecule has 1 saturated heterocycles. The number of anilines is 1. The van der Waals surface area contributed by atoms with E-state index < -0.39 is 47.9 Å². The number of ketones is 1. The van der Waals surface area contributed by atoms with E-state index in [0.29, 0.717) is 5.75 Å². The van der Waals surface area contributed by atoms with Crippen molar-refractivity contribution in [1.29, 1.82) is 0 Å². The lowest BCUT2D eigenvalue weighted by molar-refractivity contribution is -0.122. The van der Waals surface area contributed by atoms with E-state index >= 15 is 0 Å². The van der Waals surface area contributed by atoms with Crippen molar-refractivity contribution >= 4 is 40.8 Å². The number of Topliss-reactive ketones (excluding diaryl/α,β-unsaturated/α-hetero) is 1. The fourth-order valence-electron chi connectivity index (χ4n) is 4.18. The van der Waals surface area contributed by atoms with E-state index in [1.807, 2.05) is 0 Å². The number of hydrogen-bond donors (Lipinski definition) is 1. The lowest BCUT2D eigenvalue weighted by Gasteiger charge is -2.18. The van der Waals surface area contributed by atoms with Crippen LogP contribution in [0, 0.1) is 5.92 Å². The smallest absolute Gasteiger partial charge is 0.261 e. The molecule has 5 rings (SSSR count). The third kappa shape index (κ3) is 2.66. The number of fused-ring (bicyclic) bond motifs is 2. The Balaban J connectivity index is 1.39. The summed E-state index contributed by atoms with van der Waals surface area (Å²) in [4.78, 5) is 66.0. The van der Waals surface area contributed by atoms with E-state index in [0.717, 1.165) is 9.80 Å². The summed E-state index contributed by atoms with van der Waals surface area (Å²) in [5, 5.41) is 3.90.